The van der Waals surface area contributed by atoms with Gasteiger partial charge in [0.1, 0.15) is 0 Å². The Kier molecular flexibility index (Phi) is 3.75. The van der Waals surface area contributed by atoms with Crippen LogP contribution in [0.2, 0.25) is 0 Å². The van der Waals surface area contributed by atoms with Crippen molar-refractivity contribution in [1.82, 2.24) is 5.32 Å². The molecule has 0 radical (unpaired) electrons. The number of ether oxygens (including phenoxy) is 1. The van der Waals surface area contributed by atoms with Crippen molar-refractivity contribution in [3.8, 4) is 0 Å². The van der Waals surface area contributed by atoms with Gasteiger partial charge in [0, 0.05) is 6.04 Å². The van der Waals surface area contributed by atoms with E-state index in [9.17, 15) is 0 Å². The van der Waals surface area contributed by atoms with Gasteiger partial charge in [-0.2, -0.15) is 0 Å². The van der Waals surface area contributed by atoms with Crippen molar-refractivity contribution in [2.75, 3.05) is 7.05 Å². The highest BCUT2D eigenvalue weighted by Crippen LogP contribution is 2.22. The number of rotatable bonds is 4. The lowest BCUT2D eigenvalue weighted by molar-refractivity contribution is 0.0295. The Balaban J connectivity index is 1.83. The molecule has 2 nitrogen and oxygen atoms in total. The van der Waals surface area contributed by atoms with E-state index >= 15 is 0 Å². The summed E-state index contributed by atoms with van der Waals surface area (Å²) >= 11 is 0. The first-order valence-corrected chi connectivity index (χ1v) is 5.73. The molecule has 0 heterocycles. The highest BCUT2D eigenvalue weighted by Gasteiger charge is 2.26. The smallest absolute Gasteiger partial charge is 0.0732 e. The molecule has 0 amide bonds. The van der Waals surface area contributed by atoms with Gasteiger partial charge in [0.2, 0.25) is 0 Å². The Hall–Kier alpha value is -0.860. The van der Waals surface area contributed by atoms with E-state index in [1.807, 2.05) is 13.1 Å². The van der Waals surface area contributed by atoms with Crippen molar-refractivity contribution in [3.05, 3.63) is 35.9 Å². The SMILES string of the molecule is CN[C@H]1CCC[C@@H]1OCc1ccccc1. The van der Waals surface area contributed by atoms with Gasteiger partial charge in [0.05, 0.1) is 12.7 Å². The molecule has 2 atom stereocenters. The molecule has 0 unspecified atom stereocenters. The summed E-state index contributed by atoms with van der Waals surface area (Å²) in [5.74, 6) is 0. The lowest BCUT2D eigenvalue weighted by Gasteiger charge is -2.19. The minimum Gasteiger partial charge on any atom is -0.372 e. The van der Waals surface area contributed by atoms with Gasteiger partial charge in [0.25, 0.3) is 0 Å². The summed E-state index contributed by atoms with van der Waals surface area (Å²) in [5, 5.41) is 3.33. The monoisotopic (exact) mass is 205 g/mol. The fraction of sp³-hybridized carbons (Fsp3) is 0.538. The van der Waals surface area contributed by atoms with Crippen molar-refractivity contribution >= 4 is 0 Å². The lowest BCUT2D eigenvalue weighted by Crippen LogP contribution is -2.34. The van der Waals surface area contributed by atoms with Crippen LogP contribution in [0.15, 0.2) is 30.3 Å². The Morgan fingerprint density at radius 1 is 1.27 bits per heavy atom. The van der Waals surface area contributed by atoms with E-state index in [-0.39, 0.29) is 0 Å². The van der Waals surface area contributed by atoms with Crippen LogP contribution < -0.4 is 5.32 Å². The fourth-order valence-electron chi connectivity index (χ4n) is 2.23. The maximum Gasteiger partial charge on any atom is 0.0732 e. The molecule has 2 heteroatoms. The van der Waals surface area contributed by atoms with Crippen LogP contribution in [0.3, 0.4) is 0 Å². The Morgan fingerprint density at radius 3 is 2.80 bits per heavy atom. The van der Waals surface area contributed by atoms with E-state index in [2.05, 4.69) is 29.6 Å². The highest BCUT2D eigenvalue weighted by atomic mass is 16.5. The standard InChI is InChI=1S/C13H19NO/c1-14-12-8-5-9-13(12)15-10-11-6-3-2-4-7-11/h2-4,6-7,12-14H,5,8-10H2,1H3/t12-,13-/m0/s1. The predicted molar refractivity (Wildman–Crippen MR) is 61.7 cm³/mol. The third kappa shape index (κ3) is 2.80. The minimum absolute atomic E-state index is 0.398. The average molecular weight is 205 g/mol. The molecule has 1 aliphatic rings. The van der Waals surface area contributed by atoms with E-state index in [1.54, 1.807) is 0 Å². The summed E-state index contributed by atoms with van der Waals surface area (Å²) in [7, 11) is 2.02. The largest absolute Gasteiger partial charge is 0.372 e. The number of benzene rings is 1. The van der Waals surface area contributed by atoms with Crippen LogP contribution in [0.25, 0.3) is 0 Å². The van der Waals surface area contributed by atoms with E-state index in [0.29, 0.717) is 12.1 Å². The zero-order valence-electron chi connectivity index (χ0n) is 9.28. The third-order valence-corrected chi connectivity index (χ3v) is 3.13. The number of likely N-dealkylation sites (N-methyl/N-ethyl adjacent to an activating group) is 1. The molecular weight excluding hydrogens is 186 g/mol. The summed E-state index contributed by atoms with van der Waals surface area (Å²) in [6.45, 7) is 0.740. The summed E-state index contributed by atoms with van der Waals surface area (Å²) in [6, 6.07) is 10.9. The van der Waals surface area contributed by atoms with Crippen molar-refractivity contribution in [2.24, 2.45) is 0 Å². The summed E-state index contributed by atoms with van der Waals surface area (Å²) in [5.41, 5.74) is 1.26. The van der Waals surface area contributed by atoms with Crippen LogP contribution in [0.4, 0.5) is 0 Å². The van der Waals surface area contributed by atoms with Crippen LogP contribution in [0.1, 0.15) is 24.8 Å². The van der Waals surface area contributed by atoms with Crippen molar-refractivity contribution in [3.63, 3.8) is 0 Å². The van der Waals surface area contributed by atoms with Crippen LogP contribution in [0, 0.1) is 0 Å². The normalized spacial score (nSPS) is 25.7. The van der Waals surface area contributed by atoms with E-state index in [0.717, 1.165) is 6.61 Å². The molecule has 0 spiro atoms. The molecule has 0 aliphatic heterocycles. The second-order valence-electron chi connectivity index (χ2n) is 4.16. The van der Waals surface area contributed by atoms with Gasteiger partial charge in [-0.05, 0) is 31.9 Å². The molecule has 0 bridgehead atoms. The Labute approximate surface area is 91.6 Å². The highest BCUT2D eigenvalue weighted by molar-refractivity contribution is 5.13. The van der Waals surface area contributed by atoms with Crippen LogP contribution in [-0.2, 0) is 11.3 Å². The molecule has 1 fully saturated rings. The van der Waals surface area contributed by atoms with Crippen molar-refractivity contribution < 1.29 is 4.74 Å². The van der Waals surface area contributed by atoms with E-state index in [4.69, 9.17) is 4.74 Å². The van der Waals surface area contributed by atoms with E-state index < -0.39 is 0 Å². The first kappa shape index (κ1) is 10.7. The average Bonchev–Trinajstić information content (AvgIpc) is 2.75. The third-order valence-electron chi connectivity index (χ3n) is 3.13. The molecule has 15 heavy (non-hydrogen) atoms. The molecule has 1 aromatic rings. The van der Waals surface area contributed by atoms with Crippen molar-refractivity contribution in [1.29, 1.82) is 0 Å². The van der Waals surface area contributed by atoms with Gasteiger partial charge in [-0.15, -0.1) is 0 Å². The number of hydrogen-bond donors (Lipinski definition) is 1. The quantitative estimate of drug-likeness (QED) is 0.814. The second kappa shape index (κ2) is 5.29. The van der Waals surface area contributed by atoms with Gasteiger partial charge in [-0.3, -0.25) is 0 Å². The molecule has 1 N–H and O–H groups in total. The molecule has 0 saturated heterocycles. The maximum atomic E-state index is 5.93. The van der Waals surface area contributed by atoms with Gasteiger partial charge in [-0.1, -0.05) is 30.3 Å². The van der Waals surface area contributed by atoms with Crippen molar-refractivity contribution in [2.45, 2.75) is 38.0 Å². The molecule has 1 saturated carbocycles. The molecular formula is C13H19NO. The summed E-state index contributed by atoms with van der Waals surface area (Å²) in [4.78, 5) is 0. The molecule has 0 aromatic heterocycles. The summed E-state index contributed by atoms with van der Waals surface area (Å²) in [6.07, 6.45) is 4.12. The number of hydrogen-bond acceptors (Lipinski definition) is 2. The van der Waals surface area contributed by atoms with Crippen LogP contribution in [0.5, 0.6) is 0 Å². The van der Waals surface area contributed by atoms with Gasteiger partial charge < -0.3 is 10.1 Å². The topological polar surface area (TPSA) is 21.3 Å². The maximum absolute atomic E-state index is 5.93. The molecule has 82 valence electrons. The number of nitrogens with one attached hydrogen (secondary N) is 1. The molecule has 1 aliphatic carbocycles. The molecule has 1 aromatic carbocycles. The second-order valence-corrected chi connectivity index (χ2v) is 4.16. The van der Waals surface area contributed by atoms with Gasteiger partial charge in [-0.25, -0.2) is 0 Å². The lowest BCUT2D eigenvalue weighted by atomic mass is 10.2. The Morgan fingerprint density at radius 2 is 2.07 bits per heavy atom. The summed E-state index contributed by atoms with van der Waals surface area (Å²) < 4.78 is 5.93. The zero-order valence-corrected chi connectivity index (χ0v) is 9.28. The first-order chi connectivity index (χ1) is 7.40. The Bertz CT molecular complexity index is 286. The molecule has 2 rings (SSSR count). The van der Waals surface area contributed by atoms with Crippen LogP contribution >= 0.6 is 0 Å². The van der Waals surface area contributed by atoms with Gasteiger partial charge >= 0.3 is 0 Å². The van der Waals surface area contributed by atoms with Crippen LogP contribution in [-0.4, -0.2) is 19.2 Å². The minimum atomic E-state index is 0.398. The predicted octanol–water partition coefficient (Wildman–Crippen LogP) is 2.34. The first-order valence-electron chi connectivity index (χ1n) is 5.73. The van der Waals surface area contributed by atoms with E-state index in [1.165, 1.54) is 24.8 Å². The zero-order chi connectivity index (χ0) is 10.5. The fourth-order valence-corrected chi connectivity index (χ4v) is 2.23. The van der Waals surface area contributed by atoms with Gasteiger partial charge in [0.15, 0.2) is 0 Å².